The molecule has 0 unspecified atom stereocenters. The van der Waals surface area contributed by atoms with Gasteiger partial charge in [-0.15, -0.1) is 0 Å². The highest BCUT2D eigenvalue weighted by Gasteiger charge is 2.20. The number of aromatic nitrogens is 2. The van der Waals surface area contributed by atoms with Crippen LogP contribution in [0.5, 0.6) is 0 Å². The fraction of sp³-hybridized carbons (Fsp3) is 0.333. The van der Waals surface area contributed by atoms with Crippen LogP contribution in [0, 0.1) is 5.92 Å². The van der Waals surface area contributed by atoms with Crippen LogP contribution >= 0.6 is 0 Å². The highest BCUT2D eigenvalue weighted by molar-refractivity contribution is 5.73. The number of nitrogens with zero attached hydrogens (tertiary/aromatic N) is 2. The molecule has 2 rings (SSSR count). The molecular formula is C15H19N3O2. The number of rotatable bonds is 6. The number of carboxylic acids is 1. The Hall–Kier alpha value is -2.14. The number of carboxylic acid groups (broad SMARTS) is 1. The van der Waals surface area contributed by atoms with Crippen LogP contribution in [0.15, 0.2) is 42.6 Å². The minimum atomic E-state index is -0.831. The van der Waals surface area contributed by atoms with Crippen LogP contribution < -0.4 is 5.32 Å². The molecule has 0 aliphatic carbocycles. The fourth-order valence-electron chi connectivity index (χ4n) is 2.00. The Morgan fingerprint density at radius 2 is 2.00 bits per heavy atom. The van der Waals surface area contributed by atoms with E-state index in [1.807, 2.05) is 56.4 Å². The average Bonchev–Trinajstić information content (AvgIpc) is 2.88. The van der Waals surface area contributed by atoms with E-state index in [1.54, 1.807) is 4.68 Å². The molecule has 2 aromatic rings. The lowest BCUT2D eigenvalue weighted by Gasteiger charge is -2.16. The van der Waals surface area contributed by atoms with Crippen molar-refractivity contribution in [3.05, 3.63) is 48.3 Å². The summed E-state index contributed by atoms with van der Waals surface area (Å²) in [7, 11) is 0. The zero-order valence-electron chi connectivity index (χ0n) is 11.7. The molecule has 0 aliphatic heterocycles. The third-order valence-corrected chi connectivity index (χ3v) is 3.10. The van der Waals surface area contributed by atoms with Gasteiger partial charge in [-0.05, 0) is 24.1 Å². The van der Waals surface area contributed by atoms with E-state index in [1.165, 1.54) is 0 Å². The predicted molar refractivity (Wildman–Crippen MR) is 76.7 cm³/mol. The largest absolute Gasteiger partial charge is 0.480 e. The summed E-state index contributed by atoms with van der Waals surface area (Å²) in [5.41, 5.74) is 1.80. The maximum Gasteiger partial charge on any atom is 0.320 e. The number of benzene rings is 1. The van der Waals surface area contributed by atoms with Crippen LogP contribution in [0.1, 0.15) is 19.5 Å². The van der Waals surface area contributed by atoms with Crippen molar-refractivity contribution in [2.24, 2.45) is 5.92 Å². The molecular weight excluding hydrogens is 254 g/mol. The van der Waals surface area contributed by atoms with Crippen molar-refractivity contribution < 1.29 is 9.90 Å². The SMILES string of the molecule is CC(C)[C@H](NCc1ccn(-c2ccccc2)n1)C(=O)O. The number of carbonyl (C=O) groups is 1. The van der Waals surface area contributed by atoms with Crippen LogP contribution in [0.4, 0.5) is 0 Å². The van der Waals surface area contributed by atoms with Crippen molar-refractivity contribution in [2.75, 3.05) is 0 Å². The minimum Gasteiger partial charge on any atom is -0.480 e. The highest BCUT2D eigenvalue weighted by atomic mass is 16.4. The third-order valence-electron chi connectivity index (χ3n) is 3.10. The van der Waals surface area contributed by atoms with Crippen LogP contribution in [-0.4, -0.2) is 26.9 Å². The summed E-state index contributed by atoms with van der Waals surface area (Å²) in [6, 6.07) is 11.1. The van der Waals surface area contributed by atoms with Crippen LogP contribution in [0.25, 0.3) is 5.69 Å². The second-order valence-corrected chi connectivity index (χ2v) is 5.03. The highest BCUT2D eigenvalue weighted by Crippen LogP contribution is 2.08. The lowest BCUT2D eigenvalue weighted by molar-refractivity contribution is -0.140. The van der Waals surface area contributed by atoms with Crippen molar-refractivity contribution in [3.8, 4) is 5.69 Å². The van der Waals surface area contributed by atoms with Gasteiger partial charge >= 0.3 is 5.97 Å². The van der Waals surface area contributed by atoms with Gasteiger partial charge in [0.2, 0.25) is 0 Å². The molecule has 1 atom stereocenters. The monoisotopic (exact) mass is 273 g/mol. The molecule has 1 aromatic heterocycles. The van der Waals surface area contributed by atoms with Crippen molar-refractivity contribution in [1.82, 2.24) is 15.1 Å². The molecule has 1 heterocycles. The number of para-hydroxylation sites is 1. The van der Waals surface area contributed by atoms with Gasteiger partial charge < -0.3 is 5.11 Å². The molecule has 5 nitrogen and oxygen atoms in total. The second-order valence-electron chi connectivity index (χ2n) is 5.03. The van der Waals surface area contributed by atoms with Crippen molar-refractivity contribution in [2.45, 2.75) is 26.4 Å². The molecule has 106 valence electrons. The summed E-state index contributed by atoms with van der Waals surface area (Å²) in [5.74, 6) is -0.800. The maximum absolute atomic E-state index is 11.1. The number of hydrogen-bond acceptors (Lipinski definition) is 3. The smallest absolute Gasteiger partial charge is 0.320 e. The zero-order chi connectivity index (χ0) is 14.5. The van der Waals surface area contributed by atoms with E-state index in [-0.39, 0.29) is 5.92 Å². The van der Waals surface area contributed by atoms with Crippen LogP contribution in [0.3, 0.4) is 0 Å². The van der Waals surface area contributed by atoms with E-state index in [0.717, 1.165) is 11.4 Å². The maximum atomic E-state index is 11.1. The Morgan fingerprint density at radius 3 is 2.60 bits per heavy atom. The van der Waals surface area contributed by atoms with Gasteiger partial charge in [-0.25, -0.2) is 4.68 Å². The lowest BCUT2D eigenvalue weighted by atomic mass is 10.0. The average molecular weight is 273 g/mol. The molecule has 1 aromatic carbocycles. The molecule has 0 saturated heterocycles. The zero-order valence-corrected chi connectivity index (χ0v) is 11.7. The molecule has 0 saturated carbocycles. The van der Waals surface area contributed by atoms with Gasteiger partial charge in [-0.3, -0.25) is 10.1 Å². The molecule has 0 fully saturated rings. The van der Waals surface area contributed by atoms with Gasteiger partial charge in [-0.2, -0.15) is 5.10 Å². The first kappa shape index (κ1) is 14.3. The summed E-state index contributed by atoms with van der Waals surface area (Å²) in [5, 5.41) is 16.6. The van der Waals surface area contributed by atoms with Crippen molar-refractivity contribution >= 4 is 5.97 Å². The third kappa shape index (κ3) is 3.45. The summed E-state index contributed by atoms with van der Waals surface area (Å²) < 4.78 is 1.78. The van der Waals surface area contributed by atoms with E-state index < -0.39 is 12.0 Å². The molecule has 0 radical (unpaired) electrons. The van der Waals surface area contributed by atoms with Gasteiger partial charge in [0, 0.05) is 12.7 Å². The Morgan fingerprint density at radius 1 is 1.30 bits per heavy atom. The predicted octanol–water partition coefficient (Wildman–Crippen LogP) is 2.07. The summed E-state index contributed by atoms with van der Waals surface area (Å²) in [4.78, 5) is 11.1. The minimum absolute atomic E-state index is 0.0312. The Labute approximate surface area is 118 Å². The second kappa shape index (κ2) is 6.34. The topological polar surface area (TPSA) is 67.2 Å². The molecule has 0 spiro atoms. The van der Waals surface area contributed by atoms with Gasteiger partial charge in [0.15, 0.2) is 0 Å². The summed E-state index contributed by atoms with van der Waals surface area (Å²) in [6.45, 7) is 4.21. The van der Waals surface area contributed by atoms with Gasteiger partial charge in [0.1, 0.15) is 6.04 Å². The first-order chi connectivity index (χ1) is 9.58. The van der Waals surface area contributed by atoms with E-state index in [0.29, 0.717) is 6.54 Å². The van der Waals surface area contributed by atoms with E-state index >= 15 is 0 Å². The first-order valence-electron chi connectivity index (χ1n) is 6.64. The van der Waals surface area contributed by atoms with Crippen molar-refractivity contribution in [3.63, 3.8) is 0 Å². The quantitative estimate of drug-likeness (QED) is 0.845. The Balaban J connectivity index is 2.02. The Bertz CT molecular complexity index is 564. The number of nitrogens with one attached hydrogen (secondary N) is 1. The molecule has 0 amide bonds. The number of aliphatic carboxylic acids is 1. The summed E-state index contributed by atoms with van der Waals surface area (Å²) in [6.07, 6.45) is 1.87. The van der Waals surface area contributed by atoms with Crippen LogP contribution in [-0.2, 0) is 11.3 Å². The standard InChI is InChI=1S/C15H19N3O2/c1-11(2)14(15(19)20)16-10-12-8-9-18(17-12)13-6-4-3-5-7-13/h3-9,11,14,16H,10H2,1-2H3,(H,19,20)/t14-/m0/s1. The van der Waals surface area contributed by atoms with E-state index in [2.05, 4.69) is 10.4 Å². The Kier molecular flexibility index (Phi) is 4.53. The molecule has 20 heavy (non-hydrogen) atoms. The first-order valence-corrected chi connectivity index (χ1v) is 6.64. The molecule has 5 heteroatoms. The fourth-order valence-corrected chi connectivity index (χ4v) is 2.00. The number of hydrogen-bond donors (Lipinski definition) is 2. The normalized spacial score (nSPS) is 12.6. The molecule has 0 bridgehead atoms. The molecule has 0 aliphatic rings. The lowest BCUT2D eigenvalue weighted by Crippen LogP contribution is -2.40. The van der Waals surface area contributed by atoms with E-state index in [4.69, 9.17) is 5.11 Å². The van der Waals surface area contributed by atoms with Gasteiger partial charge in [0.05, 0.1) is 11.4 Å². The van der Waals surface area contributed by atoms with Crippen LogP contribution in [0.2, 0.25) is 0 Å². The van der Waals surface area contributed by atoms with Crippen molar-refractivity contribution in [1.29, 1.82) is 0 Å². The van der Waals surface area contributed by atoms with Gasteiger partial charge in [-0.1, -0.05) is 32.0 Å². The summed E-state index contributed by atoms with van der Waals surface area (Å²) >= 11 is 0. The molecule has 2 N–H and O–H groups in total. The van der Waals surface area contributed by atoms with E-state index in [9.17, 15) is 4.79 Å². The van der Waals surface area contributed by atoms with Gasteiger partial charge in [0.25, 0.3) is 0 Å².